The molecule has 0 fully saturated rings. The molecule has 0 unspecified atom stereocenters. The van der Waals surface area contributed by atoms with Gasteiger partial charge in [0.2, 0.25) is 0 Å². The topological polar surface area (TPSA) is 46.9 Å². The largest absolute Gasteiger partial charge is 0.305 e. The lowest BCUT2D eigenvalue weighted by molar-refractivity contribution is 0.102. The molecule has 6 heteroatoms. The third-order valence-electron chi connectivity index (χ3n) is 4.22. The number of benzene rings is 2. The summed E-state index contributed by atoms with van der Waals surface area (Å²) in [6.45, 7) is 4.10. The fraction of sp³-hybridized carbons (Fsp3) is 0.200. The van der Waals surface area contributed by atoms with Crippen molar-refractivity contribution in [3.63, 3.8) is 0 Å². The van der Waals surface area contributed by atoms with Gasteiger partial charge in [0.1, 0.15) is 5.82 Å². The molecule has 0 aliphatic carbocycles. The van der Waals surface area contributed by atoms with E-state index in [0.717, 1.165) is 12.1 Å². The van der Waals surface area contributed by atoms with E-state index in [2.05, 4.69) is 17.3 Å². The first-order chi connectivity index (χ1) is 12.5. The Morgan fingerprint density at radius 2 is 1.96 bits per heavy atom. The van der Waals surface area contributed by atoms with Gasteiger partial charge < -0.3 is 5.32 Å². The highest BCUT2D eigenvalue weighted by Gasteiger charge is 2.13. The molecule has 0 aliphatic heterocycles. The molecule has 1 N–H and O–H groups in total. The third kappa shape index (κ3) is 3.94. The number of amides is 1. The van der Waals surface area contributed by atoms with E-state index in [9.17, 15) is 9.18 Å². The van der Waals surface area contributed by atoms with Gasteiger partial charge in [-0.3, -0.25) is 9.48 Å². The van der Waals surface area contributed by atoms with Gasteiger partial charge in [0.25, 0.3) is 5.91 Å². The SMILES string of the molecule is CCc1ccc(C(=O)Nc2cc(C)n(Cc3c(F)cccc3Cl)n2)cc1. The zero-order chi connectivity index (χ0) is 18.7. The highest BCUT2D eigenvalue weighted by molar-refractivity contribution is 6.31. The average molecular weight is 372 g/mol. The maximum Gasteiger partial charge on any atom is 0.256 e. The minimum Gasteiger partial charge on any atom is -0.305 e. The van der Waals surface area contributed by atoms with Gasteiger partial charge in [-0.05, 0) is 43.2 Å². The molecule has 0 bridgehead atoms. The maximum atomic E-state index is 14.0. The lowest BCUT2D eigenvalue weighted by Crippen LogP contribution is -2.13. The van der Waals surface area contributed by atoms with E-state index in [1.807, 2.05) is 19.1 Å². The molecule has 0 spiro atoms. The van der Waals surface area contributed by atoms with Gasteiger partial charge in [0.05, 0.1) is 6.54 Å². The molecule has 3 aromatic rings. The monoisotopic (exact) mass is 371 g/mol. The Morgan fingerprint density at radius 1 is 1.23 bits per heavy atom. The number of carbonyl (C=O) groups excluding carboxylic acids is 1. The van der Waals surface area contributed by atoms with E-state index in [1.165, 1.54) is 11.6 Å². The second kappa shape index (κ2) is 7.70. The fourth-order valence-electron chi connectivity index (χ4n) is 2.64. The van der Waals surface area contributed by atoms with Crippen molar-refractivity contribution in [2.24, 2.45) is 0 Å². The molecule has 0 radical (unpaired) electrons. The summed E-state index contributed by atoms with van der Waals surface area (Å²) >= 11 is 6.08. The molecule has 4 nitrogen and oxygen atoms in total. The number of halogens is 2. The number of anilines is 1. The van der Waals surface area contributed by atoms with Gasteiger partial charge in [-0.25, -0.2) is 4.39 Å². The van der Waals surface area contributed by atoms with Crippen LogP contribution in [0.25, 0.3) is 0 Å². The smallest absolute Gasteiger partial charge is 0.256 e. The van der Waals surface area contributed by atoms with Crippen molar-refractivity contribution in [2.75, 3.05) is 5.32 Å². The Kier molecular flexibility index (Phi) is 5.38. The maximum absolute atomic E-state index is 14.0. The second-order valence-electron chi connectivity index (χ2n) is 6.03. The van der Waals surface area contributed by atoms with Crippen LogP contribution in [0, 0.1) is 12.7 Å². The van der Waals surface area contributed by atoms with E-state index in [4.69, 9.17) is 11.6 Å². The summed E-state index contributed by atoms with van der Waals surface area (Å²) in [5.74, 6) is -0.199. The number of aryl methyl sites for hydroxylation is 2. The predicted molar refractivity (Wildman–Crippen MR) is 101 cm³/mol. The summed E-state index contributed by atoms with van der Waals surface area (Å²) in [7, 11) is 0. The molecule has 3 rings (SSSR count). The van der Waals surface area contributed by atoms with E-state index in [0.29, 0.717) is 22.0 Å². The molecule has 1 amide bonds. The lowest BCUT2D eigenvalue weighted by atomic mass is 10.1. The van der Waals surface area contributed by atoms with Crippen LogP contribution in [0.5, 0.6) is 0 Å². The van der Waals surface area contributed by atoms with Gasteiger partial charge in [0, 0.05) is 27.9 Å². The Balaban J connectivity index is 1.76. The van der Waals surface area contributed by atoms with E-state index in [-0.39, 0.29) is 18.3 Å². The number of aromatic nitrogens is 2. The molecule has 0 saturated carbocycles. The van der Waals surface area contributed by atoms with E-state index in [1.54, 1.807) is 35.0 Å². The minimum atomic E-state index is -0.381. The Morgan fingerprint density at radius 3 is 2.62 bits per heavy atom. The number of hydrogen-bond acceptors (Lipinski definition) is 2. The standard InChI is InChI=1S/C20H19ClFN3O/c1-3-14-7-9-15(10-8-14)20(26)23-19-11-13(2)25(24-19)12-16-17(21)5-4-6-18(16)22/h4-11H,3,12H2,1-2H3,(H,23,24,26). The van der Waals surface area contributed by atoms with Gasteiger partial charge in [-0.2, -0.15) is 5.10 Å². The molecule has 1 heterocycles. The van der Waals surface area contributed by atoms with Crippen LogP contribution in [0.15, 0.2) is 48.5 Å². The van der Waals surface area contributed by atoms with Crippen molar-refractivity contribution < 1.29 is 9.18 Å². The predicted octanol–water partition coefficient (Wildman–Crippen LogP) is 4.85. The van der Waals surface area contributed by atoms with E-state index >= 15 is 0 Å². The lowest BCUT2D eigenvalue weighted by Gasteiger charge is -2.08. The van der Waals surface area contributed by atoms with Crippen LogP contribution in [0.2, 0.25) is 5.02 Å². The zero-order valence-corrected chi connectivity index (χ0v) is 15.3. The van der Waals surface area contributed by atoms with Gasteiger partial charge >= 0.3 is 0 Å². The number of nitrogens with one attached hydrogen (secondary N) is 1. The number of nitrogens with zero attached hydrogens (tertiary/aromatic N) is 2. The Bertz CT molecular complexity index is 914. The van der Waals surface area contributed by atoms with Crippen molar-refractivity contribution >= 4 is 23.3 Å². The van der Waals surface area contributed by atoms with Crippen LogP contribution in [0.3, 0.4) is 0 Å². The summed E-state index contributed by atoms with van der Waals surface area (Å²) in [4.78, 5) is 12.4. The van der Waals surface area contributed by atoms with Crippen molar-refractivity contribution in [1.82, 2.24) is 9.78 Å². The van der Waals surface area contributed by atoms with Crippen molar-refractivity contribution in [3.8, 4) is 0 Å². The molecular weight excluding hydrogens is 353 g/mol. The van der Waals surface area contributed by atoms with Gasteiger partial charge in [0.15, 0.2) is 5.82 Å². The minimum absolute atomic E-state index is 0.193. The number of rotatable bonds is 5. The molecule has 2 aromatic carbocycles. The molecule has 0 saturated heterocycles. The third-order valence-corrected chi connectivity index (χ3v) is 4.57. The van der Waals surface area contributed by atoms with Crippen LogP contribution >= 0.6 is 11.6 Å². The van der Waals surface area contributed by atoms with E-state index < -0.39 is 0 Å². The summed E-state index contributed by atoms with van der Waals surface area (Å²) in [6, 6.07) is 13.7. The van der Waals surface area contributed by atoms with Crippen LogP contribution in [-0.2, 0) is 13.0 Å². The summed E-state index contributed by atoms with van der Waals surface area (Å²) < 4.78 is 15.6. The summed E-state index contributed by atoms with van der Waals surface area (Å²) in [5.41, 5.74) is 2.89. The van der Waals surface area contributed by atoms with Crippen LogP contribution in [0.1, 0.15) is 34.1 Å². The second-order valence-corrected chi connectivity index (χ2v) is 6.44. The Hall–Kier alpha value is -2.66. The first-order valence-corrected chi connectivity index (χ1v) is 8.73. The average Bonchev–Trinajstić information content (AvgIpc) is 2.97. The normalized spacial score (nSPS) is 10.8. The zero-order valence-electron chi connectivity index (χ0n) is 14.6. The molecule has 0 atom stereocenters. The van der Waals surface area contributed by atoms with Crippen LogP contribution in [0.4, 0.5) is 10.2 Å². The molecule has 26 heavy (non-hydrogen) atoms. The highest BCUT2D eigenvalue weighted by Crippen LogP contribution is 2.21. The van der Waals surface area contributed by atoms with Crippen molar-refractivity contribution in [1.29, 1.82) is 0 Å². The Labute approximate surface area is 156 Å². The molecular formula is C20H19ClFN3O. The first-order valence-electron chi connectivity index (χ1n) is 8.35. The summed E-state index contributed by atoms with van der Waals surface area (Å²) in [5, 5.41) is 7.47. The quantitative estimate of drug-likeness (QED) is 0.697. The molecule has 0 aliphatic rings. The number of hydrogen-bond donors (Lipinski definition) is 1. The van der Waals surface area contributed by atoms with Crippen molar-refractivity contribution in [2.45, 2.75) is 26.8 Å². The fourth-order valence-corrected chi connectivity index (χ4v) is 2.87. The molecule has 1 aromatic heterocycles. The van der Waals surface area contributed by atoms with Gasteiger partial charge in [-0.1, -0.05) is 36.7 Å². The number of carbonyl (C=O) groups is 1. The van der Waals surface area contributed by atoms with Crippen LogP contribution < -0.4 is 5.32 Å². The first kappa shape index (κ1) is 18.1. The van der Waals surface area contributed by atoms with Gasteiger partial charge in [-0.15, -0.1) is 0 Å². The molecule has 134 valence electrons. The van der Waals surface area contributed by atoms with Crippen molar-refractivity contribution in [3.05, 3.63) is 81.8 Å². The van der Waals surface area contributed by atoms with Crippen LogP contribution in [-0.4, -0.2) is 15.7 Å². The highest BCUT2D eigenvalue weighted by atomic mass is 35.5. The summed E-state index contributed by atoms with van der Waals surface area (Å²) in [6.07, 6.45) is 0.921.